The number of carbonyl (C=O) groups is 2. The number of Topliss-reactive ketones (excluding diaryl/α,β-unsaturated/α-hetero) is 1. The molecule has 1 aromatic heterocycles. The minimum Gasteiger partial charge on any atom is -0.340 e. The van der Waals surface area contributed by atoms with Crippen molar-refractivity contribution < 1.29 is 9.59 Å². The number of hydrogen-bond acceptors (Lipinski definition) is 4. The van der Waals surface area contributed by atoms with E-state index >= 15 is 0 Å². The van der Waals surface area contributed by atoms with E-state index in [4.69, 9.17) is 0 Å². The van der Waals surface area contributed by atoms with Crippen molar-refractivity contribution in [2.75, 3.05) is 26.2 Å². The number of pyridine rings is 1. The Morgan fingerprint density at radius 3 is 2.33 bits per heavy atom. The van der Waals surface area contributed by atoms with E-state index in [0.29, 0.717) is 29.4 Å². The van der Waals surface area contributed by atoms with Gasteiger partial charge in [0.2, 0.25) is 5.91 Å². The second-order valence-electron chi connectivity index (χ2n) is 18.1. The summed E-state index contributed by atoms with van der Waals surface area (Å²) in [6.45, 7) is 20.6. The minimum atomic E-state index is -0.386. The normalized spacial score (nSPS) is 43.0. The number of amides is 1. The maximum absolute atomic E-state index is 14.6. The molecule has 5 fully saturated rings. The number of ketones is 1. The molecule has 0 unspecified atom stereocenters. The monoisotopic (exact) mass is 611 g/mol. The first-order chi connectivity index (χ1) is 21.2. The predicted octanol–water partition coefficient (Wildman–Crippen LogP) is 7.88. The van der Waals surface area contributed by atoms with Gasteiger partial charge in [0.25, 0.3) is 0 Å². The Labute approximate surface area is 272 Å². The maximum atomic E-state index is 14.6. The second-order valence-corrected chi connectivity index (χ2v) is 18.1. The number of hydrogen-bond donors (Lipinski definition) is 1. The van der Waals surface area contributed by atoms with Crippen LogP contribution in [-0.2, 0) is 9.59 Å². The molecule has 1 aromatic rings. The first-order valence-electron chi connectivity index (χ1n) is 18.0. The molecule has 1 N–H and O–H groups in total. The molecule has 2 heterocycles. The summed E-state index contributed by atoms with van der Waals surface area (Å²) in [6, 6.07) is 4.04. The topological polar surface area (TPSA) is 62.3 Å². The number of nitrogens with one attached hydrogen (secondary N) is 1. The van der Waals surface area contributed by atoms with Gasteiger partial charge in [-0.25, -0.2) is 0 Å². The molecule has 1 saturated heterocycles. The standard InChI is InChI=1S/C40H57N3O2/c1-35(2)14-16-40(34(45)43-22-20-42-21-23-43)17-15-38(6)29(30(40)26-35)8-9-32-37(5)25-28(24-27-11-18-41-19-12-27)33(44)36(3,4)31(37)10-13-39(32,38)7/h8,11-12,18-19,24,30-32,42H,9-10,13-17,20-23,25-26H2,1-7H3/b28-24-/t30-,31-,32+,37-,38+,39+,40-/m0/s1. The minimum absolute atomic E-state index is 0.0330. The van der Waals surface area contributed by atoms with Crippen molar-refractivity contribution in [1.82, 2.24) is 15.2 Å². The summed E-state index contributed by atoms with van der Waals surface area (Å²) in [5.41, 5.74) is 3.54. The van der Waals surface area contributed by atoms with Gasteiger partial charge in [0.1, 0.15) is 0 Å². The molecule has 244 valence electrons. The van der Waals surface area contributed by atoms with Crippen molar-refractivity contribution >= 4 is 17.8 Å². The molecular formula is C40H57N3O2. The van der Waals surface area contributed by atoms with Gasteiger partial charge in [0.05, 0.1) is 5.41 Å². The van der Waals surface area contributed by atoms with E-state index in [1.165, 1.54) is 6.42 Å². The van der Waals surface area contributed by atoms with Gasteiger partial charge in [-0.1, -0.05) is 60.1 Å². The summed E-state index contributed by atoms with van der Waals surface area (Å²) in [6.07, 6.45) is 18.1. The Morgan fingerprint density at radius 2 is 1.62 bits per heavy atom. The van der Waals surface area contributed by atoms with Gasteiger partial charge in [-0.15, -0.1) is 0 Å². The van der Waals surface area contributed by atoms with Crippen LogP contribution in [0.1, 0.15) is 112 Å². The van der Waals surface area contributed by atoms with E-state index in [0.717, 1.165) is 88.7 Å². The molecule has 45 heavy (non-hydrogen) atoms. The lowest BCUT2D eigenvalue weighted by Gasteiger charge is -2.71. The average Bonchev–Trinajstić information content (AvgIpc) is 3.00. The van der Waals surface area contributed by atoms with E-state index in [9.17, 15) is 9.59 Å². The average molecular weight is 612 g/mol. The van der Waals surface area contributed by atoms with Gasteiger partial charge < -0.3 is 10.2 Å². The van der Waals surface area contributed by atoms with E-state index in [2.05, 4.69) is 75.8 Å². The van der Waals surface area contributed by atoms with Crippen LogP contribution < -0.4 is 5.32 Å². The molecule has 0 aromatic carbocycles. The lowest BCUT2D eigenvalue weighted by molar-refractivity contribution is -0.182. The summed E-state index contributed by atoms with van der Waals surface area (Å²) in [5.74, 6) is 1.99. The van der Waals surface area contributed by atoms with Gasteiger partial charge in [0.15, 0.2) is 5.78 Å². The molecular weight excluding hydrogens is 554 g/mol. The number of carbonyl (C=O) groups excluding carboxylic acids is 2. The molecule has 6 aliphatic rings. The zero-order valence-electron chi connectivity index (χ0n) is 29.1. The molecule has 4 saturated carbocycles. The van der Waals surface area contributed by atoms with Crippen molar-refractivity contribution in [3.8, 4) is 0 Å². The fourth-order valence-corrected chi connectivity index (χ4v) is 12.4. The van der Waals surface area contributed by atoms with Crippen molar-refractivity contribution in [3.63, 3.8) is 0 Å². The van der Waals surface area contributed by atoms with Crippen LogP contribution in [0.3, 0.4) is 0 Å². The Morgan fingerprint density at radius 1 is 0.933 bits per heavy atom. The molecule has 5 aliphatic carbocycles. The molecule has 5 nitrogen and oxygen atoms in total. The lowest BCUT2D eigenvalue weighted by Crippen LogP contribution is -2.65. The van der Waals surface area contributed by atoms with Gasteiger partial charge in [-0.2, -0.15) is 0 Å². The zero-order chi connectivity index (χ0) is 32.0. The Hall–Kier alpha value is -2.27. The SMILES string of the molecule is CC1(C)CC[C@]2(C(=O)N3CCNCC3)CC[C@]3(C)C(=CC[C@@H]4[C@@]5(C)C/C(=C/c6ccncc6)C(=O)C(C)(C)[C@@H]5CC[C@]43C)[C@@H]2C1. The Bertz CT molecular complexity index is 1440. The fourth-order valence-electron chi connectivity index (χ4n) is 12.4. The smallest absolute Gasteiger partial charge is 0.229 e. The number of nitrogens with zero attached hydrogens (tertiary/aromatic N) is 2. The van der Waals surface area contributed by atoms with E-state index in [1.54, 1.807) is 5.57 Å². The van der Waals surface area contributed by atoms with E-state index in [1.807, 2.05) is 24.5 Å². The predicted molar refractivity (Wildman–Crippen MR) is 181 cm³/mol. The number of piperazine rings is 1. The van der Waals surface area contributed by atoms with Crippen LogP contribution >= 0.6 is 0 Å². The number of aromatic nitrogens is 1. The van der Waals surface area contributed by atoms with Gasteiger partial charge >= 0.3 is 0 Å². The highest BCUT2D eigenvalue weighted by Crippen LogP contribution is 2.76. The number of fused-ring (bicyclic) bond motifs is 7. The van der Waals surface area contributed by atoms with Crippen LogP contribution in [0.2, 0.25) is 0 Å². The summed E-state index contributed by atoms with van der Waals surface area (Å²) < 4.78 is 0. The summed E-state index contributed by atoms with van der Waals surface area (Å²) in [5, 5.41) is 3.46. The van der Waals surface area contributed by atoms with Crippen LogP contribution in [0.5, 0.6) is 0 Å². The fraction of sp³-hybridized carbons (Fsp3) is 0.725. The van der Waals surface area contributed by atoms with Crippen LogP contribution in [0.15, 0.2) is 41.7 Å². The molecule has 5 heteroatoms. The third kappa shape index (κ3) is 4.45. The van der Waals surface area contributed by atoms with Crippen LogP contribution in [0.4, 0.5) is 0 Å². The number of allylic oxidation sites excluding steroid dienone is 3. The third-order valence-electron chi connectivity index (χ3n) is 15.1. The third-order valence-corrected chi connectivity index (χ3v) is 15.1. The highest BCUT2D eigenvalue weighted by molar-refractivity contribution is 6.04. The number of rotatable bonds is 2. The van der Waals surface area contributed by atoms with Gasteiger partial charge in [0, 0.05) is 44.0 Å². The van der Waals surface area contributed by atoms with Crippen LogP contribution in [-0.4, -0.2) is 47.8 Å². The lowest BCUT2D eigenvalue weighted by atomic mass is 9.33. The van der Waals surface area contributed by atoms with Gasteiger partial charge in [-0.3, -0.25) is 14.6 Å². The molecule has 0 bridgehead atoms. The second kappa shape index (κ2) is 10.4. The first-order valence-corrected chi connectivity index (χ1v) is 18.0. The van der Waals surface area contributed by atoms with Crippen LogP contribution in [0, 0.1) is 50.2 Å². The van der Waals surface area contributed by atoms with Crippen molar-refractivity contribution in [1.29, 1.82) is 0 Å². The molecule has 1 amide bonds. The van der Waals surface area contributed by atoms with Gasteiger partial charge in [-0.05, 0) is 127 Å². The van der Waals surface area contributed by atoms with Crippen molar-refractivity contribution in [2.45, 2.75) is 106 Å². The Kier molecular flexibility index (Phi) is 7.22. The van der Waals surface area contributed by atoms with E-state index < -0.39 is 0 Å². The van der Waals surface area contributed by atoms with Crippen molar-refractivity contribution in [2.24, 2.45) is 50.2 Å². The molecule has 0 spiro atoms. The molecule has 0 radical (unpaired) electrons. The summed E-state index contributed by atoms with van der Waals surface area (Å²) in [4.78, 5) is 35.1. The molecule has 1 aliphatic heterocycles. The zero-order valence-corrected chi connectivity index (χ0v) is 29.1. The molecule has 7 atom stereocenters. The Balaban J connectivity index is 1.30. The van der Waals surface area contributed by atoms with E-state index in [-0.39, 0.29) is 32.5 Å². The first kappa shape index (κ1) is 31.3. The highest BCUT2D eigenvalue weighted by atomic mass is 16.2. The quantitative estimate of drug-likeness (QED) is 0.273. The molecule has 7 rings (SSSR count). The van der Waals surface area contributed by atoms with Crippen molar-refractivity contribution in [3.05, 3.63) is 47.3 Å². The maximum Gasteiger partial charge on any atom is 0.229 e. The van der Waals surface area contributed by atoms with Crippen LogP contribution in [0.25, 0.3) is 6.08 Å². The summed E-state index contributed by atoms with van der Waals surface area (Å²) >= 11 is 0. The largest absolute Gasteiger partial charge is 0.340 e. The summed E-state index contributed by atoms with van der Waals surface area (Å²) in [7, 11) is 0. The highest BCUT2D eigenvalue weighted by Gasteiger charge is 2.69.